The Morgan fingerprint density at radius 3 is 2.44 bits per heavy atom. The summed E-state index contributed by atoms with van der Waals surface area (Å²) in [4.78, 5) is 0. The molecule has 0 radical (unpaired) electrons. The standard InChI is InChI=1S/C15H25NO2/c1-4-9-16-11-14(12-17-2)10-13-5-7-15(18-3)8-6-13/h5-8,14,16H,4,9-12H2,1-3H3. The third-order valence-electron chi connectivity index (χ3n) is 2.95. The lowest BCUT2D eigenvalue weighted by Gasteiger charge is -2.17. The van der Waals surface area contributed by atoms with E-state index in [1.54, 1.807) is 14.2 Å². The van der Waals surface area contributed by atoms with Crippen LogP contribution in [0.1, 0.15) is 18.9 Å². The van der Waals surface area contributed by atoms with Gasteiger partial charge in [-0.1, -0.05) is 19.1 Å². The summed E-state index contributed by atoms with van der Waals surface area (Å²) in [7, 11) is 3.46. The first-order valence-electron chi connectivity index (χ1n) is 6.62. The SMILES string of the molecule is CCCNCC(COC)Cc1ccc(OC)cc1. The monoisotopic (exact) mass is 251 g/mol. The van der Waals surface area contributed by atoms with Gasteiger partial charge in [0.25, 0.3) is 0 Å². The molecule has 1 aromatic rings. The molecule has 1 unspecified atom stereocenters. The second kappa shape index (κ2) is 8.95. The molecule has 0 aliphatic carbocycles. The van der Waals surface area contributed by atoms with E-state index in [0.717, 1.165) is 31.9 Å². The van der Waals surface area contributed by atoms with Gasteiger partial charge in [0.05, 0.1) is 13.7 Å². The van der Waals surface area contributed by atoms with E-state index < -0.39 is 0 Å². The van der Waals surface area contributed by atoms with E-state index in [2.05, 4.69) is 24.4 Å². The highest BCUT2D eigenvalue weighted by molar-refractivity contribution is 5.27. The maximum Gasteiger partial charge on any atom is 0.118 e. The Labute approximate surface area is 110 Å². The normalized spacial score (nSPS) is 12.4. The Hall–Kier alpha value is -1.06. The molecule has 1 N–H and O–H groups in total. The molecule has 0 heterocycles. The van der Waals surface area contributed by atoms with Crippen molar-refractivity contribution in [3.8, 4) is 5.75 Å². The van der Waals surface area contributed by atoms with E-state index in [-0.39, 0.29) is 0 Å². The topological polar surface area (TPSA) is 30.5 Å². The van der Waals surface area contributed by atoms with Crippen LogP contribution >= 0.6 is 0 Å². The molecule has 0 fully saturated rings. The average molecular weight is 251 g/mol. The number of hydrogen-bond donors (Lipinski definition) is 1. The summed E-state index contributed by atoms with van der Waals surface area (Å²) in [5.41, 5.74) is 1.33. The number of nitrogens with one attached hydrogen (secondary N) is 1. The van der Waals surface area contributed by atoms with Crippen molar-refractivity contribution < 1.29 is 9.47 Å². The van der Waals surface area contributed by atoms with Crippen LogP contribution in [-0.4, -0.2) is 33.9 Å². The maximum absolute atomic E-state index is 5.29. The summed E-state index contributed by atoms with van der Waals surface area (Å²) >= 11 is 0. The largest absolute Gasteiger partial charge is 0.497 e. The number of benzene rings is 1. The van der Waals surface area contributed by atoms with Crippen molar-refractivity contribution in [2.75, 3.05) is 33.9 Å². The van der Waals surface area contributed by atoms with Gasteiger partial charge in [0.2, 0.25) is 0 Å². The van der Waals surface area contributed by atoms with Gasteiger partial charge in [-0.2, -0.15) is 0 Å². The molecule has 0 bridgehead atoms. The summed E-state index contributed by atoms with van der Waals surface area (Å²) in [5, 5.41) is 3.46. The summed E-state index contributed by atoms with van der Waals surface area (Å²) in [5.74, 6) is 1.43. The summed E-state index contributed by atoms with van der Waals surface area (Å²) < 4.78 is 10.5. The van der Waals surface area contributed by atoms with Crippen molar-refractivity contribution in [2.45, 2.75) is 19.8 Å². The fraction of sp³-hybridized carbons (Fsp3) is 0.600. The van der Waals surface area contributed by atoms with Gasteiger partial charge >= 0.3 is 0 Å². The van der Waals surface area contributed by atoms with Gasteiger partial charge in [-0.25, -0.2) is 0 Å². The summed E-state index contributed by atoms with van der Waals surface area (Å²) in [6.45, 7) is 5.06. The van der Waals surface area contributed by atoms with Crippen molar-refractivity contribution in [3.63, 3.8) is 0 Å². The fourth-order valence-corrected chi connectivity index (χ4v) is 2.00. The average Bonchev–Trinajstić information content (AvgIpc) is 2.40. The Balaban J connectivity index is 2.47. The van der Waals surface area contributed by atoms with E-state index in [0.29, 0.717) is 5.92 Å². The zero-order valence-electron chi connectivity index (χ0n) is 11.7. The molecule has 0 aromatic heterocycles. The van der Waals surface area contributed by atoms with Gasteiger partial charge in [-0.3, -0.25) is 0 Å². The molecule has 0 aliphatic heterocycles. The van der Waals surface area contributed by atoms with Crippen LogP contribution in [0.2, 0.25) is 0 Å². The van der Waals surface area contributed by atoms with Gasteiger partial charge in [-0.15, -0.1) is 0 Å². The molecule has 0 saturated heterocycles. The molecule has 0 amide bonds. The van der Waals surface area contributed by atoms with Gasteiger partial charge in [0.15, 0.2) is 0 Å². The number of ether oxygens (including phenoxy) is 2. The lowest BCUT2D eigenvalue weighted by Crippen LogP contribution is -2.27. The highest BCUT2D eigenvalue weighted by Gasteiger charge is 2.09. The number of methoxy groups -OCH3 is 2. The molecule has 0 saturated carbocycles. The third-order valence-corrected chi connectivity index (χ3v) is 2.95. The highest BCUT2D eigenvalue weighted by Crippen LogP contribution is 2.14. The second-order valence-corrected chi connectivity index (χ2v) is 4.58. The maximum atomic E-state index is 5.29. The second-order valence-electron chi connectivity index (χ2n) is 4.58. The van der Waals surface area contributed by atoms with Crippen molar-refractivity contribution in [1.29, 1.82) is 0 Å². The molecule has 1 rings (SSSR count). The third kappa shape index (κ3) is 5.52. The van der Waals surface area contributed by atoms with Crippen molar-refractivity contribution in [1.82, 2.24) is 5.32 Å². The van der Waals surface area contributed by atoms with Gasteiger partial charge in [0, 0.05) is 13.7 Å². The molecule has 102 valence electrons. The van der Waals surface area contributed by atoms with Crippen molar-refractivity contribution in [3.05, 3.63) is 29.8 Å². The van der Waals surface area contributed by atoms with Crippen LogP contribution < -0.4 is 10.1 Å². The Morgan fingerprint density at radius 1 is 1.17 bits per heavy atom. The molecule has 3 heteroatoms. The molecule has 18 heavy (non-hydrogen) atoms. The van der Waals surface area contributed by atoms with Crippen LogP contribution in [0.3, 0.4) is 0 Å². The van der Waals surface area contributed by atoms with Crippen LogP contribution in [0.4, 0.5) is 0 Å². The van der Waals surface area contributed by atoms with Crippen LogP contribution in [0.15, 0.2) is 24.3 Å². The first-order chi connectivity index (χ1) is 8.80. The van der Waals surface area contributed by atoms with Crippen molar-refractivity contribution in [2.24, 2.45) is 5.92 Å². The predicted molar refractivity (Wildman–Crippen MR) is 75.2 cm³/mol. The fourth-order valence-electron chi connectivity index (χ4n) is 2.00. The highest BCUT2D eigenvalue weighted by atomic mass is 16.5. The van der Waals surface area contributed by atoms with E-state index >= 15 is 0 Å². The van der Waals surface area contributed by atoms with Gasteiger partial charge < -0.3 is 14.8 Å². The Morgan fingerprint density at radius 2 is 1.89 bits per heavy atom. The minimum absolute atomic E-state index is 0.523. The lowest BCUT2D eigenvalue weighted by molar-refractivity contribution is 0.151. The molecule has 0 spiro atoms. The molecular formula is C15H25NO2. The summed E-state index contributed by atoms with van der Waals surface area (Å²) in [6.07, 6.45) is 2.21. The summed E-state index contributed by atoms with van der Waals surface area (Å²) in [6, 6.07) is 8.28. The number of hydrogen-bond acceptors (Lipinski definition) is 3. The Bertz CT molecular complexity index is 311. The van der Waals surface area contributed by atoms with Crippen LogP contribution in [0, 0.1) is 5.92 Å². The van der Waals surface area contributed by atoms with E-state index in [1.807, 2.05) is 12.1 Å². The van der Waals surface area contributed by atoms with E-state index in [1.165, 1.54) is 12.0 Å². The van der Waals surface area contributed by atoms with Crippen molar-refractivity contribution >= 4 is 0 Å². The minimum atomic E-state index is 0.523. The zero-order chi connectivity index (χ0) is 13.2. The van der Waals surface area contributed by atoms with E-state index in [4.69, 9.17) is 9.47 Å². The van der Waals surface area contributed by atoms with E-state index in [9.17, 15) is 0 Å². The smallest absolute Gasteiger partial charge is 0.118 e. The Kier molecular flexibility index (Phi) is 7.46. The quantitative estimate of drug-likeness (QED) is 0.684. The minimum Gasteiger partial charge on any atom is -0.497 e. The van der Waals surface area contributed by atoms with Gasteiger partial charge in [0.1, 0.15) is 5.75 Å². The van der Waals surface area contributed by atoms with Crippen LogP contribution in [0.5, 0.6) is 5.75 Å². The molecule has 0 aliphatic rings. The molecule has 1 atom stereocenters. The molecule has 3 nitrogen and oxygen atoms in total. The predicted octanol–water partition coefficient (Wildman–Crippen LogP) is 2.50. The first-order valence-corrected chi connectivity index (χ1v) is 6.62. The lowest BCUT2D eigenvalue weighted by atomic mass is 10.00. The molecular weight excluding hydrogens is 226 g/mol. The first kappa shape index (κ1) is 15.0. The number of rotatable bonds is 9. The van der Waals surface area contributed by atoms with Crippen LogP contribution in [-0.2, 0) is 11.2 Å². The zero-order valence-corrected chi connectivity index (χ0v) is 11.7. The molecule has 1 aromatic carbocycles. The van der Waals surface area contributed by atoms with Crippen LogP contribution in [0.25, 0.3) is 0 Å². The van der Waals surface area contributed by atoms with Gasteiger partial charge in [-0.05, 0) is 43.0 Å².